The molecule has 0 aliphatic heterocycles. The number of anilines is 5. The Balaban J connectivity index is 1.75. The van der Waals surface area contributed by atoms with Gasteiger partial charge < -0.3 is 15.4 Å². The summed E-state index contributed by atoms with van der Waals surface area (Å²) in [4.78, 5) is 20.4. The third-order valence-electron chi connectivity index (χ3n) is 5.12. The number of aryl methyl sites for hydroxylation is 1. The second-order valence-corrected chi connectivity index (χ2v) is 11.9. The van der Waals surface area contributed by atoms with E-state index >= 15 is 0 Å². The van der Waals surface area contributed by atoms with E-state index < -0.39 is 20.7 Å². The van der Waals surface area contributed by atoms with Crippen LogP contribution in [0.25, 0.3) is 6.08 Å². The second kappa shape index (κ2) is 11.6. The van der Waals surface area contributed by atoms with E-state index in [0.29, 0.717) is 24.1 Å². The van der Waals surface area contributed by atoms with Crippen LogP contribution in [0.2, 0.25) is 5.02 Å². The summed E-state index contributed by atoms with van der Waals surface area (Å²) in [7, 11) is -3.65. The molecule has 3 rings (SSSR count). The number of halogens is 1. The maximum atomic E-state index is 12.6. The number of hydrogen-bond donors (Lipinski definition) is 3. The van der Waals surface area contributed by atoms with E-state index in [4.69, 9.17) is 16.3 Å². The van der Waals surface area contributed by atoms with Crippen molar-refractivity contribution < 1.29 is 17.9 Å². The van der Waals surface area contributed by atoms with Crippen molar-refractivity contribution >= 4 is 62.5 Å². The van der Waals surface area contributed by atoms with Crippen LogP contribution in [0.1, 0.15) is 38.8 Å². The molecule has 0 unspecified atom stereocenters. The smallest absolute Gasteiger partial charge is 0.330 e. The highest BCUT2D eigenvalue weighted by Crippen LogP contribution is 2.31. The van der Waals surface area contributed by atoms with Crippen LogP contribution < -0.4 is 15.4 Å². The normalized spacial score (nSPS) is 11.8. The fourth-order valence-corrected chi connectivity index (χ4v) is 3.89. The van der Waals surface area contributed by atoms with E-state index in [1.165, 1.54) is 6.08 Å². The lowest BCUT2D eigenvalue weighted by atomic mass is 10.2. The summed E-state index contributed by atoms with van der Waals surface area (Å²) in [6.45, 7) is 8.77. The minimum Gasteiger partial charge on any atom is -0.463 e. The van der Waals surface area contributed by atoms with Crippen molar-refractivity contribution in [3.63, 3.8) is 0 Å². The first kappa shape index (κ1) is 27.9. The van der Waals surface area contributed by atoms with Crippen LogP contribution in [-0.4, -0.2) is 35.7 Å². The molecule has 3 N–H and O–H groups in total. The Morgan fingerprint density at radius 2 is 1.76 bits per heavy atom. The number of rotatable bonds is 9. The Kier molecular flexibility index (Phi) is 8.77. The summed E-state index contributed by atoms with van der Waals surface area (Å²) in [5.74, 6) is 0.515. The summed E-state index contributed by atoms with van der Waals surface area (Å²) in [6.07, 6.45) is 4.73. The number of aromatic nitrogens is 2. The monoisotopic (exact) mass is 543 g/mol. The molecule has 0 bridgehead atoms. The Morgan fingerprint density at radius 1 is 1.08 bits per heavy atom. The Morgan fingerprint density at radius 3 is 2.41 bits per heavy atom. The lowest BCUT2D eigenvalue weighted by Gasteiger charge is -2.21. The number of carbonyl (C=O) groups is 1. The SMILES string of the molecule is CCOC(=O)/C=C/c1ccc(Nc2ncc(C)c(Nc3ccc(Cl)c(NS(=O)(=O)C(C)(C)C)c3)n2)cc1. The van der Waals surface area contributed by atoms with Crippen molar-refractivity contribution in [2.45, 2.75) is 39.4 Å². The van der Waals surface area contributed by atoms with Gasteiger partial charge in [-0.2, -0.15) is 4.98 Å². The number of sulfonamides is 1. The highest BCUT2D eigenvalue weighted by Gasteiger charge is 2.29. The quantitative estimate of drug-likeness (QED) is 0.220. The molecule has 37 heavy (non-hydrogen) atoms. The van der Waals surface area contributed by atoms with Gasteiger partial charge in [-0.25, -0.2) is 18.2 Å². The summed E-state index contributed by atoms with van der Waals surface area (Å²) in [5.41, 5.74) is 3.25. The molecule has 2 aromatic carbocycles. The molecule has 0 atom stereocenters. The van der Waals surface area contributed by atoms with Gasteiger partial charge in [0.05, 0.1) is 22.1 Å². The third-order valence-corrected chi connectivity index (χ3v) is 7.55. The number of hydrogen-bond acceptors (Lipinski definition) is 8. The zero-order valence-electron chi connectivity index (χ0n) is 21.3. The number of benzene rings is 2. The van der Waals surface area contributed by atoms with Crippen molar-refractivity contribution in [2.75, 3.05) is 22.0 Å². The molecule has 3 aromatic rings. The van der Waals surface area contributed by atoms with Gasteiger partial charge in [0, 0.05) is 29.2 Å². The molecule has 0 fully saturated rings. The lowest BCUT2D eigenvalue weighted by Crippen LogP contribution is -2.33. The van der Waals surface area contributed by atoms with Crippen molar-refractivity contribution in [2.24, 2.45) is 0 Å². The minimum absolute atomic E-state index is 0.267. The van der Waals surface area contributed by atoms with Crippen LogP contribution >= 0.6 is 11.6 Å². The van der Waals surface area contributed by atoms with E-state index in [0.717, 1.165) is 16.8 Å². The zero-order valence-corrected chi connectivity index (χ0v) is 22.9. The first-order valence-electron chi connectivity index (χ1n) is 11.5. The van der Waals surface area contributed by atoms with Crippen molar-refractivity contribution in [3.8, 4) is 0 Å². The molecular weight excluding hydrogens is 514 g/mol. The van der Waals surface area contributed by atoms with Gasteiger partial charge in [-0.3, -0.25) is 4.72 Å². The molecule has 0 radical (unpaired) electrons. The summed E-state index contributed by atoms with van der Waals surface area (Å²) in [5, 5.41) is 6.63. The molecule has 11 heteroatoms. The lowest BCUT2D eigenvalue weighted by molar-refractivity contribution is -0.137. The van der Waals surface area contributed by atoms with Gasteiger partial charge in [0.25, 0.3) is 0 Å². The van der Waals surface area contributed by atoms with Crippen LogP contribution in [0.3, 0.4) is 0 Å². The first-order chi connectivity index (χ1) is 17.4. The molecule has 0 aliphatic carbocycles. The van der Waals surface area contributed by atoms with Gasteiger partial charge in [0.2, 0.25) is 16.0 Å². The molecule has 1 aromatic heterocycles. The molecule has 0 saturated heterocycles. The Labute approximate surface area is 222 Å². The Hall–Kier alpha value is -3.63. The topological polar surface area (TPSA) is 122 Å². The van der Waals surface area contributed by atoms with Crippen LogP contribution in [0.4, 0.5) is 28.8 Å². The number of carbonyl (C=O) groups excluding carboxylic acids is 1. The van der Waals surface area contributed by atoms with E-state index in [1.807, 2.05) is 31.2 Å². The predicted octanol–water partition coefficient (Wildman–Crippen LogP) is 6.04. The van der Waals surface area contributed by atoms with Crippen LogP contribution in [0.5, 0.6) is 0 Å². The molecule has 1 heterocycles. The van der Waals surface area contributed by atoms with Crippen LogP contribution in [-0.2, 0) is 19.6 Å². The molecular formula is C26H30ClN5O4S. The van der Waals surface area contributed by atoms with Crippen LogP contribution in [0.15, 0.2) is 54.7 Å². The average Bonchev–Trinajstić information content (AvgIpc) is 2.82. The number of esters is 1. The third kappa shape index (κ3) is 7.68. The molecule has 0 aliphatic rings. The van der Waals surface area contributed by atoms with Crippen molar-refractivity contribution in [1.29, 1.82) is 0 Å². The van der Waals surface area contributed by atoms with Gasteiger partial charge >= 0.3 is 5.97 Å². The van der Waals surface area contributed by atoms with E-state index in [9.17, 15) is 13.2 Å². The van der Waals surface area contributed by atoms with Gasteiger partial charge in [-0.15, -0.1) is 0 Å². The predicted molar refractivity (Wildman–Crippen MR) is 149 cm³/mol. The van der Waals surface area contributed by atoms with E-state index in [-0.39, 0.29) is 10.7 Å². The van der Waals surface area contributed by atoms with Gasteiger partial charge in [-0.05, 0) is 76.6 Å². The van der Waals surface area contributed by atoms with Crippen LogP contribution in [0, 0.1) is 6.92 Å². The minimum atomic E-state index is -3.65. The summed E-state index contributed by atoms with van der Waals surface area (Å²) in [6, 6.07) is 12.3. The number of nitrogens with one attached hydrogen (secondary N) is 3. The average molecular weight is 544 g/mol. The fourth-order valence-electron chi connectivity index (χ4n) is 2.91. The largest absolute Gasteiger partial charge is 0.463 e. The van der Waals surface area contributed by atoms with Gasteiger partial charge in [0.15, 0.2) is 0 Å². The fraction of sp³-hybridized carbons (Fsp3) is 0.269. The number of nitrogens with zero attached hydrogens (tertiary/aromatic N) is 2. The van der Waals surface area contributed by atoms with Gasteiger partial charge in [0.1, 0.15) is 5.82 Å². The maximum absolute atomic E-state index is 12.6. The maximum Gasteiger partial charge on any atom is 0.330 e. The van der Waals surface area contributed by atoms with E-state index in [2.05, 4.69) is 25.3 Å². The zero-order chi connectivity index (χ0) is 27.2. The summed E-state index contributed by atoms with van der Waals surface area (Å²) >= 11 is 6.25. The van der Waals surface area contributed by atoms with Gasteiger partial charge in [-0.1, -0.05) is 23.7 Å². The van der Waals surface area contributed by atoms with Crippen molar-refractivity contribution in [3.05, 3.63) is 70.9 Å². The molecule has 0 saturated carbocycles. The highest BCUT2D eigenvalue weighted by atomic mass is 35.5. The number of ether oxygens (including phenoxy) is 1. The first-order valence-corrected chi connectivity index (χ1v) is 13.4. The highest BCUT2D eigenvalue weighted by molar-refractivity contribution is 7.94. The Bertz CT molecular complexity index is 1400. The second-order valence-electron chi connectivity index (χ2n) is 9.10. The molecule has 196 valence electrons. The molecule has 9 nitrogen and oxygen atoms in total. The van der Waals surface area contributed by atoms with Crippen molar-refractivity contribution in [1.82, 2.24) is 9.97 Å². The summed E-state index contributed by atoms with van der Waals surface area (Å²) < 4.78 is 31.6. The standard InChI is InChI=1S/C26H30ClN5O4S/c1-6-36-23(33)14-9-18-7-10-19(11-8-18)30-25-28-16-17(2)24(31-25)29-20-12-13-21(27)22(15-20)32-37(34,35)26(3,4)5/h7-16,32H,6H2,1-5H3,(H2,28,29,30,31)/b14-9+. The molecule has 0 spiro atoms. The van der Waals surface area contributed by atoms with E-state index in [1.54, 1.807) is 58.2 Å². The molecule has 0 amide bonds.